The zero-order valence-corrected chi connectivity index (χ0v) is 7.18. The monoisotopic (exact) mass is 186 g/mol. The lowest BCUT2D eigenvalue weighted by molar-refractivity contribution is 1.49. The fraction of sp³-hybridized carbons (Fsp3) is 0. The lowest BCUT2D eigenvalue weighted by Gasteiger charge is -2.00. The molecule has 4 heteroatoms. The Morgan fingerprint density at radius 1 is 0.714 bits per heavy atom. The molecule has 0 saturated heterocycles. The van der Waals surface area contributed by atoms with Crippen molar-refractivity contribution in [3.63, 3.8) is 0 Å². The fourth-order valence-corrected chi connectivity index (χ4v) is 1.43. The quantitative estimate of drug-likeness (QED) is 0.672. The highest BCUT2D eigenvalue weighted by Gasteiger charge is 2.05. The first-order valence-electron chi connectivity index (χ1n) is 4.05. The van der Waals surface area contributed by atoms with Crippen molar-refractivity contribution in [2.24, 2.45) is 10.4 Å². The van der Waals surface area contributed by atoms with Crippen molar-refractivity contribution in [1.29, 1.82) is 0 Å². The molecule has 0 aliphatic heterocycles. The van der Waals surface area contributed by atoms with Crippen molar-refractivity contribution in [2.75, 3.05) is 0 Å². The van der Waals surface area contributed by atoms with Gasteiger partial charge in [0.25, 0.3) is 0 Å². The van der Waals surface area contributed by atoms with E-state index < -0.39 is 0 Å². The first-order chi connectivity index (χ1) is 6.86. The molecule has 2 rings (SSSR count). The molecule has 0 N–H and O–H groups in total. The molecule has 2 aromatic carbocycles. The van der Waals surface area contributed by atoms with E-state index >= 15 is 0 Å². The van der Waals surface area contributed by atoms with Gasteiger partial charge in [0.1, 0.15) is 11.4 Å². The molecule has 4 nitrogen and oxygen atoms in total. The summed E-state index contributed by atoms with van der Waals surface area (Å²) in [5.41, 5.74) is 0.654. The number of nitrogens with zero attached hydrogens (tertiary/aromatic N) is 2. The Kier molecular flexibility index (Phi) is 2.02. The second-order valence-corrected chi connectivity index (χ2v) is 2.83. The summed E-state index contributed by atoms with van der Waals surface area (Å²) >= 11 is 0. The van der Waals surface area contributed by atoms with E-state index in [2.05, 4.69) is 10.4 Å². The predicted molar refractivity (Wildman–Crippen MR) is 54.9 cm³/mol. The van der Waals surface area contributed by atoms with E-state index in [0.717, 1.165) is 0 Å². The minimum absolute atomic E-state index is 0.327. The number of fused-ring (bicyclic) bond motifs is 1. The van der Waals surface area contributed by atoms with Crippen LogP contribution in [0, 0.1) is 9.81 Å². The molecule has 2 aromatic rings. The van der Waals surface area contributed by atoms with Crippen LogP contribution in [0.2, 0.25) is 0 Å². The van der Waals surface area contributed by atoms with Gasteiger partial charge in [0.2, 0.25) is 0 Å². The van der Waals surface area contributed by atoms with Crippen LogP contribution in [-0.4, -0.2) is 0 Å². The Bertz CT molecular complexity index is 462. The van der Waals surface area contributed by atoms with E-state index in [0.29, 0.717) is 22.1 Å². The summed E-state index contributed by atoms with van der Waals surface area (Å²) in [7, 11) is 0. The topological polar surface area (TPSA) is 58.9 Å². The molecular formula is C10H6N2O2. The molecular weight excluding hydrogens is 180 g/mol. The number of hydrogen-bond donors (Lipinski definition) is 0. The molecule has 0 spiro atoms. The molecule has 0 bridgehead atoms. The minimum atomic E-state index is 0.327. The maximum atomic E-state index is 10.5. The third-order valence-electron chi connectivity index (χ3n) is 2.07. The zero-order chi connectivity index (χ0) is 9.97. The highest BCUT2D eigenvalue weighted by molar-refractivity contribution is 5.99. The number of hydrogen-bond acceptors (Lipinski definition) is 4. The highest BCUT2D eigenvalue weighted by Crippen LogP contribution is 2.32. The Morgan fingerprint density at radius 3 is 1.50 bits per heavy atom. The van der Waals surface area contributed by atoms with E-state index in [-0.39, 0.29) is 0 Å². The van der Waals surface area contributed by atoms with Gasteiger partial charge in [-0.3, -0.25) is 0 Å². The third-order valence-corrected chi connectivity index (χ3v) is 2.07. The van der Waals surface area contributed by atoms with Gasteiger partial charge >= 0.3 is 0 Å². The minimum Gasteiger partial charge on any atom is -0.145 e. The summed E-state index contributed by atoms with van der Waals surface area (Å²) in [6.07, 6.45) is 0. The van der Waals surface area contributed by atoms with Crippen molar-refractivity contribution in [3.8, 4) is 0 Å². The normalized spacial score (nSPS) is 10.0. The van der Waals surface area contributed by atoms with Crippen LogP contribution in [0.5, 0.6) is 0 Å². The Labute approximate surface area is 79.5 Å². The largest absolute Gasteiger partial charge is 0.145 e. The molecule has 68 valence electrons. The van der Waals surface area contributed by atoms with Crippen LogP contribution in [0.3, 0.4) is 0 Å². The molecule has 0 fully saturated rings. The van der Waals surface area contributed by atoms with Gasteiger partial charge in [0.05, 0.1) is 0 Å². The van der Waals surface area contributed by atoms with Crippen LogP contribution in [-0.2, 0) is 0 Å². The van der Waals surface area contributed by atoms with Gasteiger partial charge in [0.15, 0.2) is 0 Å². The fourth-order valence-electron chi connectivity index (χ4n) is 1.43. The van der Waals surface area contributed by atoms with E-state index in [4.69, 9.17) is 0 Å². The van der Waals surface area contributed by atoms with E-state index in [1.807, 2.05) is 0 Å². The van der Waals surface area contributed by atoms with Gasteiger partial charge < -0.3 is 0 Å². The molecule has 14 heavy (non-hydrogen) atoms. The lowest BCUT2D eigenvalue weighted by Crippen LogP contribution is -1.73. The smallest absolute Gasteiger partial charge is 0.115 e. The van der Waals surface area contributed by atoms with Crippen LogP contribution in [0.1, 0.15) is 0 Å². The van der Waals surface area contributed by atoms with Crippen LogP contribution in [0.25, 0.3) is 10.8 Å². The SMILES string of the molecule is O=Nc1ccc(N=O)c2ccccc12. The van der Waals surface area contributed by atoms with Gasteiger partial charge in [-0.05, 0) is 22.5 Å². The summed E-state index contributed by atoms with van der Waals surface area (Å²) < 4.78 is 0. The molecule has 0 aromatic heterocycles. The van der Waals surface area contributed by atoms with Crippen molar-refractivity contribution in [3.05, 3.63) is 46.2 Å². The average Bonchev–Trinajstić information content (AvgIpc) is 2.27. The van der Waals surface area contributed by atoms with Crippen molar-refractivity contribution < 1.29 is 0 Å². The first-order valence-corrected chi connectivity index (χ1v) is 4.05. The Morgan fingerprint density at radius 2 is 1.14 bits per heavy atom. The van der Waals surface area contributed by atoms with Gasteiger partial charge in [-0.25, -0.2) is 0 Å². The van der Waals surface area contributed by atoms with Crippen molar-refractivity contribution >= 4 is 22.1 Å². The first kappa shape index (κ1) is 8.50. The Balaban J connectivity index is 2.91. The summed E-state index contributed by atoms with van der Waals surface area (Å²) in [5, 5.41) is 7.07. The standard InChI is InChI=1S/C10H6N2O2/c13-11-9-5-6-10(12-14)8-4-2-1-3-7(8)9/h1-6H. The molecule has 0 aliphatic carbocycles. The van der Waals surface area contributed by atoms with Crippen LogP contribution >= 0.6 is 0 Å². The highest BCUT2D eigenvalue weighted by atomic mass is 16.3. The van der Waals surface area contributed by atoms with Gasteiger partial charge in [0, 0.05) is 10.8 Å². The van der Waals surface area contributed by atoms with Crippen LogP contribution in [0.4, 0.5) is 11.4 Å². The van der Waals surface area contributed by atoms with Crippen LogP contribution in [0.15, 0.2) is 46.8 Å². The molecule has 0 heterocycles. The maximum absolute atomic E-state index is 10.5. The second kappa shape index (κ2) is 3.33. The third kappa shape index (κ3) is 1.17. The summed E-state index contributed by atoms with van der Waals surface area (Å²) in [6.45, 7) is 0. The molecule has 0 saturated carbocycles. The molecule has 0 radical (unpaired) electrons. The number of benzene rings is 2. The number of nitroso groups, excluding NO2 is 2. The summed E-state index contributed by atoms with van der Waals surface area (Å²) in [5.74, 6) is 0. The molecule has 0 atom stereocenters. The van der Waals surface area contributed by atoms with Gasteiger partial charge in [-0.15, -0.1) is 9.81 Å². The zero-order valence-electron chi connectivity index (χ0n) is 7.18. The Hall–Kier alpha value is -2.10. The summed E-state index contributed by atoms with van der Waals surface area (Å²) in [4.78, 5) is 20.9. The lowest BCUT2D eigenvalue weighted by atomic mass is 10.1. The molecule has 0 aliphatic rings. The summed E-state index contributed by atoms with van der Waals surface area (Å²) in [6, 6.07) is 10.0. The van der Waals surface area contributed by atoms with E-state index in [9.17, 15) is 9.81 Å². The maximum Gasteiger partial charge on any atom is 0.115 e. The molecule has 0 amide bonds. The second-order valence-electron chi connectivity index (χ2n) is 2.83. The van der Waals surface area contributed by atoms with E-state index in [1.54, 1.807) is 24.3 Å². The van der Waals surface area contributed by atoms with Gasteiger partial charge in [-0.2, -0.15) is 0 Å². The van der Waals surface area contributed by atoms with Gasteiger partial charge in [-0.1, -0.05) is 24.3 Å². The van der Waals surface area contributed by atoms with Crippen molar-refractivity contribution in [2.45, 2.75) is 0 Å². The van der Waals surface area contributed by atoms with Crippen molar-refractivity contribution in [1.82, 2.24) is 0 Å². The molecule has 0 unspecified atom stereocenters. The van der Waals surface area contributed by atoms with Crippen LogP contribution < -0.4 is 0 Å². The predicted octanol–water partition coefficient (Wildman–Crippen LogP) is 3.64. The average molecular weight is 186 g/mol. The van der Waals surface area contributed by atoms with E-state index in [1.165, 1.54) is 12.1 Å². The number of rotatable bonds is 2.